The summed E-state index contributed by atoms with van der Waals surface area (Å²) < 4.78 is 6.85. The number of carboxylic acids is 1. The maximum atomic E-state index is 11.2. The van der Waals surface area contributed by atoms with Crippen LogP contribution in [0.15, 0.2) is 0 Å². The molecule has 1 atom stereocenters. The smallest absolute Gasteiger partial charge is 0.331 e. The molecule has 0 aromatic heterocycles. The first kappa shape index (κ1) is 10.2. The van der Waals surface area contributed by atoms with Crippen molar-refractivity contribution in [3.8, 4) is 0 Å². The monoisotopic (exact) mass is 188 g/mol. The minimum absolute atomic E-state index is 0.119. The number of carbonyl (C=O) groups is 2. The third-order valence-corrected chi connectivity index (χ3v) is 2.05. The number of hydrogen-bond acceptors (Lipinski definition) is 3. The van der Waals surface area contributed by atoms with Gasteiger partial charge in [-0.3, -0.25) is 4.79 Å². The Morgan fingerprint density at radius 3 is 2.54 bits per heavy atom. The number of ketones is 1. The molecule has 0 spiro atoms. The number of unbranched alkanes of at least 4 members (excludes halogenated alkanes) is 2. The van der Waals surface area contributed by atoms with Gasteiger partial charge in [0.1, 0.15) is 0 Å². The minimum Gasteiger partial charge on any atom is -0.480 e. The number of Topliss-reactive ketones (excluding diaryl/α,β-unsaturated/α-hetero) is 1. The fraction of sp³-hybridized carbons (Fsp3) is 0.778. The van der Waals surface area contributed by atoms with Crippen LogP contribution in [0, 0.1) is 0 Å². The highest BCUT2D eigenvalue weighted by molar-refractivity contribution is 6.06. The Morgan fingerprint density at radius 1 is 1.54 bits per heavy atom. The Balaban J connectivity index is 4.40. The van der Waals surface area contributed by atoms with Crippen LogP contribution in [0.1, 0.15) is 40.9 Å². The third kappa shape index (κ3) is 3.14. The molecular formula is C9H17NO3. The molecule has 0 fully saturated rings. The summed E-state index contributed by atoms with van der Waals surface area (Å²) in [7, 11) is 0. The van der Waals surface area contributed by atoms with Gasteiger partial charge < -0.3 is 10.8 Å². The molecule has 0 aliphatic rings. The van der Waals surface area contributed by atoms with E-state index in [0.717, 1.165) is 12.8 Å². The zero-order valence-electron chi connectivity index (χ0n) is 8.88. The van der Waals surface area contributed by atoms with Crippen LogP contribution >= 0.6 is 0 Å². The van der Waals surface area contributed by atoms with Gasteiger partial charge in [0.2, 0.25) is 0 Å². The molecule has 0 aromatic rings. The summed E-state index contributed by atoms with van der Waals surface area (Å²) in [5, 5.41) is 8.80. The molecule has 0 aliphatic carbocycles. The van der Waals surface area contributed by atoms with E-state index >= 15 is 0 Å². The molecule has 0 saturated carbocycles. The molecule has 4 nitrogen and oxygen atoms in total. The molecular weight excluding hydrogens is 170 g/mol. The van der Waals surface area contributed by atoms with Gasteiger partial charge >= 0.3 is 5.97 Å². The van der Waals surface area contributed by atoms with Crippen LogP contribution in [0.4, 0.5) is 0 Å². The number of aliphatic carboxylic acids is 1. The van der Waals surface area contributed by atoms with Crippen molar-refractivity contribution in [1.82, 2.24) is 0 Å². The molecule has 13 heavy (non-hydrogen) atoms. The van der Waals surface area contributed by atoms with Crippen LogP contribution in [-0.4, -0.2) is 22.4 Å². The Hall–Kier alpha value is -0.900. The van der Waals surface area contributed by atoms with Crippen LogP contribution in [0.2, 0.25) is 0 Å². The van der Waals surface area contributed by atoms with Crippen molar-refractivity contribution in [3.63, 3.8) is 0 Å². The average molecular weight is 188 g/mol. The molecule has 1 unspecified atom stereocenters. The number of rotatable bonds is 6. The van der Waals surface area contributed by atoms with Gasteiger partial charge in [-0.2, -0.15) is 0 Å². The van der Waals surface area contributed by atoms with Crippen molar-refractivity contribution in [2.45, 2.75) is 45.0 Å². The molecule has 0 bridgehead atoms. The number of carboxylic acid groups (broad SMARTS) is 1. The summed E-state index contributed by atoms with van der Waals surface area (Å²) in [5.41, 5.74) is 3.62. The molecule has 0 aromatic carbocycles. The van der Waals surface area contributed by atoms with Gasteiger partial charge in [-0.1, -0.05) is 26.2 Å². The topological polar surface area (TPSA) is 80.4 Å². The highest BCUT2D eigenvalue weighted by Crippen LogP contribution is 2.14. The Bertz CT molecular complexity index is 220. The Labute approximate surface area is 79.5 Å². The summed E-state index contributed by atoms with van der Waals surface area (Å²) in [4.78, 5) is 22.0. The Kier molecular flexibility index (Phi) is 3.89. The lowest BCUT2D eigenvalue weighted by Crippen LogP contribution is -2.53. The van der Waals surface area contributed by atoms with E-state index in [2.05, 4.69) is 0 Å². The first-order valence-electron chi connectivity index (χ1n) is 5.04. The lowest BCUT2D eigenvalue weighted by molar-refractivity contribution is -0.148. The molecule has 4 heteroatoms. The average Bonchev–Trinajstić information content (AvgIpc) is 2.16. The third-order valence-electron chi connectivity index (χ3n) is 2.05. The van der Waals surface area contributed by atoms with Gasteiger partial charge in [-0.05, 0) is 13.3 Å². The molecule has 0 saturated heterocycles. The predicted octanol–water partition coefficient (Wildman–Crippen LogP) is 0.938. The first-order chi connectivity index (χ1) is 6.49. The summed E-state index contributed by atoms with van der Waals surface area (Å²) in [6.07, 6.45) is 2.50. The summed E-state index contributed by atoms with van der Waals surface area (Å²) >= 11 is 0. The van der Waals surface area contributed by atoms with Crippen molar-refractivity contribution in [3.05, 3.63) is 0 Å². The SMILES string of the molecule is [2H]CC(=O)C(N)(CCCCC)C(=O)O. The van der Waals surface area contributed by atoms with Gasteiger partial charge in [0.15, 0.2) is 11.3 Å². The quantitative estimate of drug-likeness (QED) is 0.480. The van der Waals surface area contributed by atoms with E-state index in [0.29, 0.717) is 6.42 Å². The number of hydrogen-bond donors (Lipinski definition) is 2. The van der Waals surface area contributed by atoms with Crippen molar-refractivity contribution < 1.29 is 16.1 Å². The molecule has 0 aliphatic heterocycles. The normalized spacial score (nSPS) is 16.0. The van der Waals surface area contributed by atoms with E-state index < -0.39 is 24.2 Å². The van der Waals surface area contributed by atoms with E-state index in [1.807, 2.05) is 6.92 Å². The van der Waals surface area contributed by atoms with Crippen molar-refractivity contribution in [2.24, 2.45) is 5.73 Å². The molecule has 76 valence electrons. The minimum atomic E-state index is -1.85. The second-order valence-electron chi connectivity index (χ2n) is 3.16. The zero-order valence-corrected chi connectivity index (χ0v) is 7.88. The van der Waals surface area contributed by atoms with Crippen molar-refractivity contribution in [2.75, 3.05) is 0 Å². The Morgan fingerprint density at radius 2 is 2.15 bits per heavy atom. The summed E-state index contributed by atoms with van der Waals surface area (Å²) in [6, 6.07) is 0. The second kappa shape index (κ2) is 4.97. The van der Waals surface area contributed by atoms with Crippen LogP contribution < -0.4 is 5.73 Å². The molecule has 0 rings (SSSR count). The van der Waals surface area contributed by atoms with Crippen LogP contribution in [0.3, 0.4) is 0 Å². The predicted molar refractivity (Wildman–Crippen MR) is 49.4 cm³/mol. The number of nitrogens with two attached hydrogens (primary N) is 1. The van der Waals surface area contributed by atoms with Gasteiger partial charge in [0, 0.05) is 1.37 Å². The highest BCUT2D eigenvalue weighted by atomic mass is 16.4. The molecule has 0 heterocycles. The molecule has 0 radical (unpaired) electrons. The van der Waals surface area contributed by atoms with Gasteiger partial charge in [0.05, 0.1) is 0 Å². The lowest BCUT2D eigenvalue weighted by atomic mass is 9.90. The van der Waals surface area contributed by atoms with E-state index in [1.165, 1.54) is 0 Å². The summed E-state index contributed by atoms with van der Waals surface area (Å²) in [5.74, 6) is -2.05. The zero-order chi connectivity index (χ0) is 11.2. The maximum Gasteiger partial charge on any atom is 0.331 e. The van der Waals surface area contributed by atoms with E-state index in [4.69, 9.17) is 12.2 Å². The van der Waals surface area contributed by atoms with E-state index in [1.54, 1.807) is 0 Å². The fourth-order valence-corrected chi connectivity index (χ4v) is 1.02. The number of carbonyl (C=O) groups excluding carboxylic acids is 1. The summed E-state index contributed by atoms with van der Waals surface area (Å²) in [6.45, 7) is 1.40. The maximum absolute atomic E-state index is 11.2. The van der Waals surface area contributed by atoms with Gasteiger partial charge in [0.25, 0.3) is 0 Å². The first-order valence-corrected chi connectivity index (χ1v) is 4.33. The largest absolute Gasteiger partial charge is 0.480 e. The molecule has 3 N–H and O–H groups in total. The van der Waals surface area contributed by atoms with Crippen LogP contribution in [0.5, 0.6) is 0 Å². The highest BCUT2D eigenvalue weighted by Gasteiger charge is 2.38. The molecule has 0 amide bonds. The van der Waals surface area contributed by atoms with Crippen LogP contribution in [-0.2, 0) is 9.59 Å². The van der Waals surface area contributed by atoms with Crippen molar-refractivity contribution in [1.29, 1.82) is 0 Å². The van der Waals surface area contributed by atoms with Crippen LogP contribution in [0.25, 0.3) is 0 Å². The van der Waals surface area contributed by atoms with Gasteiger partial charge in [-0.15, -0.1) is 0 Å². The van der Waals surface area contributed by atoms with E-state index in [9.17, 15) is 9.59 Å². The van der Waals surface area contributed by atoms with Gasteiger partial charge in [-0.25, -0.2) is 4.79 Å². The standard InChI is InChI=1S/C9H17NO3/c1-3-4-5-6-9(10,7(2)11)8(12)13/h3-6,10H2,1-2H3,(H,12,13)/i2D. The lowest BCUT2D eigenvalue weighted by Gasteiger charge is -2.20. The second-order valence-corrected chi connectivity index (χ2v) is 3.16. The van der Waals surface area contributed by atoms with E-state index in [-0.39, 0.29) is 6.42 Å². The fourth-order valence-electron chi connectivity index (χ4n) is 1.02. The van der Waals surface area contributed by atoms with Crippen molar-refractivity contribution >= 4 is 11.8 Å².